The summed E-state index contributed by atoms with van der Waals surface area (Å²) in [4.78, 5) is 58.3. The van der Waals surface area contributed by atoms with Crippen LogP contribution >= 0.6 is 15.6 Å². The van der Waals surface area contributed by atoms with Crippen LogP contribution in [0.3, 0.4) is 0 Å². The van der Waals surface area contributed by atoms with E-state index < -0.39 is 95.7 Å². The van der Waals surface area contributed by atoms with Crippen LogP contribution in [0.15, 0.2) is 36.7 Å². The molecule has 3 fully saturated rings. The maximum absolute atomic E-state index is 12.6. The molecule has 3 aliphatic heterocycles. The Morgan fingerprint density at radius 3 is 2.20 bits per heavy atom. The predicted octanol–water partition coefficient (Wildman–Crippen LogP) is -1.70. The maximum atomic E-state index is 12.6. The molecule has 2 aromatic heterocycles. The van der Waals surface area contributed by atoms with Crippen LogP contribution in [0.25, 0.3) is 11.2 Å². The van der Waals surface area contributed by atoms with Crippen molar-refractivity contribution in [2.24, 2.45) is 17.6 Å². The molecule has 4 aliphatic rings. The number of carbonyl (C=O) groups excluding carboxylic acids is 2. The standard InChI is InChI=1S/C27H37N7O15P2/c28-23-18-25(31-10-30-23)34(11-32-18)27-22(39)20(37)17(48-27)9-46-51(43,44)49-50(41,42)45-8-16-19(36)21(38)26(47-16)33-6-5-12(14(7-33)24(29)40)13-3-1-2-4-15(13)35/h5-7,10-13,16-17,19-22,26-27,36-39H,1-4,8-9H2,(H2,29,40)(H,41,42)(H,43,44)(H2,28,30,31)/t12-,13+,16-,17-,19-,20-,21-,22-,26-,27-/m1/s1. The number of aromatic nitrogens is 4. The van der Waals surface area contributed by atoms with Crippen molar-refractivity contribution in [2.75, 3.05) is 18.9 Å². The molecule has 2 aromatic rings. The Hall–Kier alpha value is -3.21. The van der Waals surface area contributed by atoms with Gasteiger partial charge >= 0.3 is 15.6 Å². The normalized spacial score (nSPS) is 35.1. The second-order valence-electron chi connectivity index (χ2n) is 12.4. The predicted molar refractivity (Wildman–Crippen MR) is 168 cm³/mol. The number of hydrogen-bond donors (Lipinski definition) is 8. The third-order valence-corrected chi connectivity index (χ3v) is 11.7. The first-order valence-corrected chi connectivity index (χ1v) is 18.7. The fourth-order valence-corrected chi connectivity index (χ4v) is 8.58. The number of rotatable bonds is 12. The molecular weight excluding hydrogens is 724 g/mol. The summed E-state index contributed by atoms with van der Waals surface area (Å²) in [6, 6.07) is 0. The molecule has 51 heavy (non-hydrogen) atoms. The van der Waals surface area contributed by atoms with Crippen LogP contribution in [0.4, 0.5) is 5.82 Å². The van der Waals surface area contributed by atoms with E-state index in [2.05, 4.69) is 19.3 Å². The molecule has 0 spiro atoms. The van der Waals surface area contributed by atoms with Crippen molar-refractivity contribution in [3.63, 3.8) is 0 Å². The highest BCUT2D eigenvalue weighted by atomic mass is 31.3. The number of aliphatic hydroxyl groups excluding tert-OH is 4. The molecule has 0 aromatic carbocycles. The first-order valence-electron chi connectivity index (χ1n) is 15.7. The Balaban J connectivity index is 1.03. The van der Waals surface area contributed by atoms with Crippen molar-refractivity contribution >= 4 is 44.3 Å². The number of fused-ring (bicyclic) bond motifs is 1. The van der Waals surface area contributed by atoms with Crippen LogP contribution in [0, 0.1) is 11.8 Å². The third-order valence-electron chi connectivity index (χ3n) is 9.07. The van der Waals surface area contributed by atoms with Crippen molar-refractivity contribution in [1.29, 1.82) is 0 Å². The summed E-state index contributed by atoms with van der Waals surface area (Å²) in [7, 11) is -10.8. The zero-order valence-corrected chi connectivity index (χ0v) is 28.3. The van der Waals surface area contributed by atoms with E-state index in [9.17, 15) is 48.9 Å². The number of carbonyl (C=O) groups is 2. The zero-order valence-electron chi connectivity index (χ0n) is 26.5. The molecule has 0 bridgehead atoms. The number of Topliss-reactive ketones (excluding diaryl/α,β-unsaturated/α-hetero) is 1. The molecular formula is C27H37N7O15P2. The summed E-state index contributed by atoms with van der Waals surface area (Å²) >= 11 is 0. The quantitative estimate of drug-likeness (QED) is 0.112. The summed E-state index contributed by atoms with van der Waals surface area (Å²) in [5, 5.41) is 42.3. The number of aliphatic hydroxyl groups is 4. The average Bonchev–Trinajstić information content (AvgIpc) is 3.72. The van der Waals surface area contributed by atoms with Gasteiger partial charge in [-0.2, -0.15) is 4.31 Å². The van der Waals surface area contributed by atoms with Gasteiger partial charge in [0.15, 0.2) is 23.9 Å². The molecule has 1 aliphatic carbocycles. The van der Waals surface area contributed by atoms with E-state index in [-0.39, 0.29) is 28.3 Å². The SMILES string of the molecule is NC(=O)C1=CN([C@@H]2O[C@H](COP(=O)(O)OP(=O)(O)OC[C@H]3O[C@@H](n4cnc5c(N)ncnc54)[C@H](O)[C@@H]3O)[C@@H](O)[C@H]2O)C=C[C@@H]1[C@@H]1CCCCC1=O. The number of phosphoric ester groups is 2. The van der Waals surface area contributed by atoms with Crippen LogP contribution in [0.2, 0.25) is 0 Å². The molecule has 2 saturated heterocycles. The number of phosphoric acid groups is 2. The smallest absolute Gasteiger partial charge is 0.387 e. The van der Waals surface area contributed by atoms with Crippen LogP contribution < -0.4 is 11.5 Å². The van der Waals surface area contributed by atoms with Gasteiger partial charge in [0.1, 0.15) is 54.3 Å². The number of hydrogen-bond acceptors (Lipinski definition) is 18. The second-order valence-corrected chi connectivity index (χ2v) is 15.4. The topological polar surface area (TPSA) is 335 Å². The van der Waals surface area contributed by atoms with Gasteiger partial charge in [-0.1, -0.05) is 12.5 Å². The largest absolute Gasteiger partial charge is 0.481 e. The van der Waals surface area contributed by atoms with Gasteiger partial charge in [0.25, 0.3) is 0 Å². The minimum absolute atomic E-state index is 0.00769. The molecule has 5 heterocycles. The van der Waals surface area contributed by atoms with E-state index in [0.717, 1.165) is 19.2 Å². The number of ether oxygens (including phenoxy) is 2. The number of nitrogens with two attached hydrogens (primary N) is 2. The van der Waals surface area contributed by atoms with Crippen LogP contribution in [0.5, 0.6) is 0 Å². The highest BCUT2D eigenvalue weighted by Gasteiger charge is 2.49. The Morgan fingerprint density at radius 1 is 0.941 bits per heavy atom. The van der Waals surface area contributed by atoms with E-state index in [0.29, 0.717) is 12.8 Å². The lowest BCUT2D eigenvalue weighted by Gasteiger charge is -2.34. The minimum Gasteiger partial charge on any atom is -0.387 e. The summed E-state index contributed by atoms with van der Waals surface area (Å²) in [6.07, 6.45) is -2.96. The van der Waals surface area contributed by atoms with Gasteiger partial charge in [-0.05, 0) is 12.8 Å². The first kappa shape index (κ1) is 37.5. The van der Waals surface area contributed by atoms with Gasteiger partial charge in [-0.25, -0.2) is 24.1 Å². The highest BCUT2D eigenvalue weighted by molar-refractivity contribution is 7.61. The molecule has 24 heteroatoms. The maximum Gasteiger partial charge on any atom is 0.481 e. The molecule has 22 nitrogen and oxygen atoms in total. The number of amides is 1. The molecule has 10 N–H and O–H groups in total. The fourth-order valence-electron chi connectivity index (χ4n) is 6.49. The minimum atomic E-state index is -5.42. The average molecular weight is 762 g/mol. The molecule has 1 saturated carbocycles. The van der Waals surface area contributed by atoms with E-state index in [4.69, 9.17) is 30.0 Å². The van der Waals surface area contributed by atoms with Gasteiger partial charge in [-0.3, -0.25) is 23.2 Å². The molecule has 280 valence electrons. The van der Waals surface area contributed by atoms with Crippen molar-refractivity contribution in [2.45, 2.75) is 74.8 Å². The second kappa shape index (κ2) is 14.7. The summed E-state index contributed by atoms with van der Waals surface area (Å²) in [6.45, 7) is -1.85. The number of nitrogen functional groups attached to an aromatic ring is 1. The van der Waals surface area contributed by atoms with Crippen molar-refractivity contribution < 1.29 is 71.8 Å². The molecule has 1 amide bonds. The number of imidazole rings is 1. The van der Waals surface area contributed by atoms with Gasteiger partial charge in [-0.15, -0.1) is 0 Å². The summed E-state index contributed by atoms with van der Waals surface area (Å²) in [5.41, 5.74) is 11.8. The number of primary amides is 1. The number of ketones is 1. The lowest BCUT2D eigenvalue weighted by atomic mass is 9.75. The zero-order chi connectivity index (χ0) is 36.8. The summed E-state index contributed by atoms with van der Waals surface area (Å²) in [5.74, 6) is -1.78. The van der Waals surface area contributed by atoms with E-state index in [1.165, 1.54) is 28.2 Å². The van der Waals surface area contributed by atoms with Gasteiger partial charge < -0.3 is 56.1 Å². The highest BCUT2D eigenvalue weighted by Crippen LogP contribution is 2.60. The third kappa shape index (κ3) is 7.79. The number of nitrogens with zero attached hydrogens (tertiary/aromatic N) is 5. The van der Waals surface area contributed by atoms with E-state index in [1.54, 1.807) is 6.08 Å². The Kier molecular flexibility index (Phi) is 10.8. The lowest BCUT2D eigenvalue weighted by molar-refractivity contribution is -0.125. The molecule has 6 rings (SSSR count). The van der Waals surface area contributed by atoms with E-state index in [1.807, 2.05) is 0 Å². The fraction of sp³-hybridized carbons (Fsp3) is 0.593. The summed E-state index contributed by atoms with van der Waals surface area (Å²) < 4.78 is 51.5. The molecule has 0 radical (unpaired) electrons. The van der Waals surface area contributed by atoms with Gasteiger partial charge in [0, 0.05) is 36.2 Å². The Labute approximate surface area is 288 Å². The monoisotopic (exact) mass is 761 g/mol. The van der Waals surface area contributed by atoms with E-state index >= 15 is 0 Å². The Bertz CT molecular complexity index is 1810. The van der Waals surface area contributed by atoms with Gasteiger partial charge in [0.05, 0.1) is 19.5 Å². The first-order chi connectivity index (χ1) is 24.1. The van der Waals surface area contributed by atoms with Crippen LogP contribution in [-0.4, -0.2) is 122 Å². The van der Waals surface area contributed by atoms with Crippen molar-refractivity contribution in [1.82, 2.24) is 24.4 Å². The Morgan fingerprint density at radius 2 is 1.57 bits per heavy atom. The lowest BCUT2D eigenvalue weighted by Crippen LogP contribution is -2.42. The number of anilines is 1. The number of allylic oxidation sites excluding steroid dienone is 1. The molecule has 12 atom stereocenters. The van der Waals surface area contributed by atoms with Crippen LogP contribution in [-0.2, 0) is 41.6 Å². The van der Waals surface area contributed by atoms with Crippen molar-refractivity contribution in [3.05, 3.63) is 36.7 Å². The van der Waals surface area contributed by atoms with Crippen molar-refractivity contribution in [3.8, 4) is 0 Å². The van der Waals surface area contributed by atoms with Crippen LogP contribution in [0.1, 0.15) is 31.9 Å². The molecule has 2 unspecified atom stereocenters. The van der Waals surface area contributed by atoms with Gasteiger partial charge in [0.2, 0.25) is 5.91 Å².